The first-order valence-electron chi connectivity index (χ1n) is 10.2. The van der Waals surface area contributed by atoms with E-state index in [0.29, 0.717) is 6.42 Å². The van der Waals surface area contributed by atoms with Crippen LogP contribution in [0.2, 0.25) is 0 Å². The smallest absolute Gasteiger partial charge is 0.220 e. The van der Waals surface area contributed by atoms with E-state index in [1.165, 1.54) is 16.7 Å². The van der Waals surface area contributed by atoms with Gasteiger partial charge >= 0.3 is 0 Å². The van der Waals surface area contributed by atoms with Gasteiger partial charge in [-0.25, -0.2) is 0 Å². The van der Waals surface area contributed by atoms with Crippen LogP contribution in [0, 0.1) is 6.92 Å². The molecule has 3 rings (SSSR count). The highest BCUT2D eigenvalue weighted by atomic mass is 16.5. The van der Waals surface area contributed by atoms with Crippen molar-refractivity contribution in [1.29, 1.82) is 0 Å². The van der Waals surface area contributed by atoms with E-state index in [2.05, 4.69) is 89.3 Å². The van der Waals surface area contributed by atoms with Crippen molar-refractivity contribution in [2.75, 3.05) is 0 Å². The number of benzene rings is 2. The quantitative estimate of drug-likeness (QED) is 0.746. The number of ether oxygens (including phenoxy) is 1. The molecule has 3 nitrogen and oxygen atoms in total. The van der Waals surface area contributed by atoms with E-state index in [0.717, 1.165) is 24.2 Å². The van der Waals surface area contributed by atoms with Crippen molar-refractivity contribution in [3.63, 3.8) is 0 Å². The van der Waals surface area contributed by atoms with Crippen LogP contribution in [0.1, 0.15) is 75.8 Å². The molecule has 0 aliphatic carbocycles. The van der Waals surface area contributed by atoms with E-state index >= 15 is 0 Å². The predicted octanol–water partition coefficient (Wildman–Crippen LogP) is 5.64. The lowest BCUT2D eigenvalue weighted by Gasteiger charge is -2.38. The van der Waals surface area contributed by atoms with Gasteiger partial charge in [-0.05, 0) is 55.4 Å². The maximum atomic E-state index is 12.6. The Morgan fingerprint density at radius 3 is 2.46 bits per heavy atom. The first-order valence-corrected chi connectivity index (χ1v) is 10.2. The van der Waals surface area contributed by atoms with Gasteiger partial charge in [0.25, 0.3) is 0 Å². The van der Waals surface area contributed by atoms with Gasteiger partial charge in [0.2, 0.25) is 5.91 Å². The molecule has 0 spiro atoms. The molecule has 1 amide bonds. The largest absolute Gasteiger partial charge is 0.487 e. The van der Waals surface area contributed by atoms with Crippen LogP contribution >= 0.6 is 0 Å². The molecule has 0 radical (unpaired) electrons. The van der Waals surface area contributed by atoms with Crippen molar-refractivity contribution in [1.82, 2.24) is 5.32 Å². The van der Waals surface area contributed by atoms with Gasteiger partial charge in [-0.2, -0.15) is 0 Å². The monoisotopic (exact) mass is 379 g/mol. The van der Waals surface area contributed by atoms with Crippen molar-refractivity contribution in [3.05, 3.63) is 64.7 Å². The van der Waals surface area contributed by atoms with Crippen LogP contribution in [0.3, 0.4) is 0 Å². The minimum Gasteiger partial charge on any atom is -0.487 e. The summed E-state index contributed by atoms with van der Waals surface area (Å²) in [6.07, 6.45) is 2.02. The Kier molecular flexibility index (Phi) is 5.56. The third-order valence-corrected chi connectivity index (χ3v) is 5.42. The van der Waals surface area contributed by atoms with Crippen LogP contribution < -0.4 is 10.1 Å². The van der Waals surface area contributed by atoms with Gasteiger partial charge in [0, 0.05) is 18.4 Å². The lowest BCUT2D eigenvalue weighted by molar-refractivity contribution is -0.122. The molecule has 1 unspecified atom stereocenters. The summed E-state index contributed by atoms with van der Waals surface area (Å²) in [5, 5.41) is 3.24. The number of carbonyl (C=O) groups excluding carboxylic acids is 1. The highest BCUT2D eigenvalue weighted by molar-refractivity contribution is 5.77. The SMILES string of the molecule is Cc1ccc2c(c1)OC(C)(C)CC2NC(=O)CCc1ccc(C(C)(C)C)cc1. The number of rotatable bonds is 4. The number of aryl methyl sites for hydroxylation is 2. The van der Waals surface area contributed by atoms with Gasteiger partial charge in [0.05, 0.1) is 6.04 Å². The molecule has 1 heterocycles. The molecule has 0 aromatic heterocycles. The lowest BCUT2D eigenvalue weighted by Crippen LogP contribution is -2.41. The van der Waals surface area contributed by atoms with Gasteiger partial charge in [-0.1, -0.05) is 57.2 Å². The zero-order chi connectivity index (χ0) is 20.5. The van der Waals surface area contributed by atoms with E-state index < -0.39 is 0 Å². The molecular weight excluding hydrogens is 346 g/mol. The number of hydrogen-bond acceptors (Lipinski definition) is 2. The zero-order valence-electron chi connectivity index (χ0n) is 18.1. The normalized spacial score (nSPS) is 18.1. The van der Waals surface area contributed by atoms with Gasteiger partial charge in [-0.15, -0.1) is 0 Å². The fraction of sp³-hybridized carbons (Fsp3) is 0.480. The maximum absolute atomic E-state index is 12.6. The number of amides is 1. The predicted molar refractivity (Wildman–Crippen MR) is 115 cm³/mol. The molecule has 1 N–H and O–H groups in total. The average molecular weight is 380 g/mol. The summed E-state index contributed by atoms with van der Waals surface area (Å²) in [6, 6.07) is 14.8. The summed E-state index contributed by atoms with van der Waals surface area (Å²) in [7, 11) is 0. The highest BCUT2D eigenvalue weighted by Gasteiger charge is 2.34. The molecule has 1 aliphatic heterocycles. The van der Waals surface area contributed by atoms with E-state index in [-0.39, 0.29) is 23.0 Å². The fourth-order valence-corrected chi connectivity index (χ4v) is 3.78. The molecule has 0 saturated heterocycles. The molecule has 0 saturated carbocycles. The van der Waals surface area contributed by atoms with E-state index in [1.54, 1.807) is 0 Å². The Morgan fingerprint density at radius 2 is 1.82 bits per heavy atom. The zero-order valence-corrected chi connectivity index (χ0v) is 18.1. The molecule has 1 aliphatic rings. The second-order valence-electron chi connectivity index (χ2n) is 9.67. The van der Waals surface area contributed by atoms with Crippen LogP contribution in [-0.4, -0.2) is 11.5 Å². The molecule has 28 heavy (non-hydrogen) atoms. The standard InChI is InChI=1S/C25H33NO2/c1-17-7-13-20-21(16-25(5,6)28-22(20)15-17)26-23(27)14-10-18-8-11-19(12-9-18)24(2,3)4/h7-9,11-13,15,21H,10,14,16H2,1-6H3,(H,26,27). The third kappa shape index (κ3) is 4.95. The van der Waals surface area contributed by atoms with Crippen LogP contribution in [-0.2, 0) is 16.6 Å². The average Bonchev–Trinajstić information content (AvgIpc) is 2.58. The van der Waals surface area contributed by atoms with Crippen LogP contribution in [0.5, 0.6) is 5.75 Å². The molecular formula is C25H33NO2. The number of fused-ring (bicyclic) bond motifs is 1. The Balaban J connectivity index is 1.63. The lowest BCUT2D eigenvalue weighted by atomic mass is 9.86. The second kappa shape index (κ2) is 7.62. The first kappa shape index (κ1) is 20.4. The number of nitrogens with one attached hydrogen (secondary N) is 1. The summed E-state index contributed by atoms with van der Waals surface area (Å²) in [5.74, 6) is 0.980. The van der Waals surface area contributed by atoms with Crippen LogP contribution in [0.4, 0.5) is 0 Å². The number of hydrogen-bond donors (Lipinski definition) is 1. The van der Waals surface area contributed by atoms with Crippen molar-refractivity contribution >= 4 is 5.91 Å². The molecule has 0 bridgehead atoms. The summed E-state index contributed by atoms with van der Waals surface area (Å²) < 4.78 is 6.13. The summed E-state index contributed by atoms with van der Waals surface area (Å²) in [4.78, 5) is 12.6. The number of carbonyl (C=O) groups is 1. The minimum absolute atomic E-state index is 0.00452. The molecule has 3 heteroatoms. The molecule has 2 aromatic carbocycles. The van der Waals surface area contributed by atoms with E-state index in [9.17, 15) is 4.79 Å². The third-order valence-electron chi connectivity index (χ3n) is 5.42. The van der Waals surface area contributed by atoms with E-state index in [1.807, 2.05) is 0 Å². The topological polar surface area (TPSA) is 38.3 Å². The summed E-state index contributed by atoms with van der Waals surface area (Å²) in [6.45, 7) is 12.9. The Hall–Kier alpha value is -2.29. The molecule has 0 fully saturated rings. The van der Waals surface area contributed by atoms with Crippen molar-refractivity contribution in [2.45, 2.75) is 77.9 Å². The van der Waals surface area contributed by atoms with Crippen LogP contribution in [0.15, 0.2) is 42.5 Å². The molecule has 2 aromatic rings. The summed E-state index contributed by atoms with van der Waals surface area (Å²) in [5.41, 5.74) is 4.62. The molecule has 1 atom stereocenters. The fourth-order valence-electron chi connectivity index (χ4n) is 3.78. The van der Waals surface area contributed by atoms with Gasteiger partial charge in [0.15, 0.2) is 0 Å². The van der Waals surface area contributed by atoms with Gasteiger partial charge in [-0.3, -0.25) is 4.79 Å². The maximum Gasteiger partial charge on any atom is 0.220 e. The van der Waals surface area contributed by atoms with Crippen molar-refractivity contribution < 1.29 is 9.53 Å². The van der Waals surface area contributed by atoms with Gasteiger partial charge < -0.3 is 10.1 Å². The Bertz CT molecular complexity index is 844. The van der Waals surface area contributed by atoms with Crippen molar-refractivity contribution in [3.8, 4) is 5.75 Å². The van der Waals surface area contributed by atoms with Crippen molar-refractivity contribution in [2.24, 2.45) is 0 Å². The molecule has 150 valence electrons. The summed E-state index contributed by atoms with van der Waals surface area (Å²) >= 11 is 0. The Labute approximate surface area is 169 Å². The highest BCUT2D eigenvalue weighted by Crippen LogP contribution is 2.39. The minimum atomic E-state index is -0.290. The second-order valence-corrected chi connectivity index (χ2v) is 9.67. The van der Waals surface area contributed by atoms with E-state index in [4.69, 9.17) is 4.74 Å². The van der Waals surface area contributed by atoms with Gasteiger partial charge in [0.1, 0.15) is 11.4 Å². The van der Waals surface area contributed by atoms with Crippen LogP contribution in [0.25, 0.3) is 0 Å². The Morgan fingerprint density at radius 1 is 1.14 bits per heavy atom. The first-order chi connectivity index (χ1) is 13.0.